The molecule has 0 aliphatic heterocycles. The van der Waals surface area contributed by atoms with Crippen molar-refractivity contribution >= 4 is 11.7 Å². The summed E-state index contributed by atoms with van der Waals surface area (Å²) in [4.78, 5) is 10.5. The molecule has 9 aromatic carbocycles. The summed E-state index contributed by atoms with van der Waals surface area (Å²) in [6.07, 6.45) is 0. The zero-order chi connectivity index (χ0) is 41.0. The van der Waals surface area contributed by atoms with E-state index in [0.717, 1.165) is 16.7 Å². The van der Waals surface area contributed by atoms with Crippen LogP contribution in [0.25, 0.3) is 44.5 Å². The molecule has 0 fully saturated rings. The zero-order valence-corrected chi connectivity index (χ0v) is 33.9. The molecular formula is C59H39N3. The summed E-state index contributed by atoms with van der Waals surface area (Å²) >= 11 is 0. The minimum atomic E-state index is -0.462. The van der Waals surface area contributed by atoms with Crippen molar-refractivity contribution in [3.05, 3.63) is 274 Å². The number of fused-ring (bicyclic) bond motifs is 20. The topological polar surface area (TPSA) is 50.7 Å². The smallest absolute Gasteiger partial charge is 0.157 e. The maximum atomic E-state index is 7.14. The monoisotopic (exact) mass is 789 g/mol. The molecule has 0 saturated carbocycles. The van der Waals surface area contributed by atoms with Crippen molar-refractivity contribution in [2.75, 3.05) is 0 Å². The Labute approximate surface area is 361 Å². The second-order valence-corrected chi connectivity index (χ2v) is 16.9. The lowest BCUT2D eigenvalue weighted by Crippen LogP contribution is -2.26. The fourth-order valence-corrected chi connectivity index (χ4v) is 11.6. The first-order valence-electron chi connectivity index (χ1n) is 21.5. The van der Waals surface area contributed by atoms with E-state index in [4.69, 9.17) is 15.7 Å². The van der Waals surface area contributed by atoms with Crippen LogP contribution in [0.4, 0.5) is 0 Å². The maximum absolute atomic E-state index is 7.14. The van der Waals surface area contributed by atoms with Crippen LogP contribution in [0.1, 0.15) is 61.2 Å². The van der Waals surface area contributed by atoms with E-state index in [1.807, 2.05) is 18.2 Å². The number of rotatable bonds is 4. The van der Waals surface area contributed by atoms with Gasteiger partial charge in [0.15, 0.2) is 5.84 Å². The van der Waals surface area contributed by atoms with Crippen LogP contribution in [0.15, 0.2) is 222 Å². The van der Waals surface area contributed by atoms with E-state index in [2.05, 4.69) is 194 Å². The van der Waals surface area contributed by atoms with Gasteiger partial charge in [0, 0.05) is 11.1 Å². The predicted octanol–water partition coefficient (Wildman–Crippen LogP) is 12.7. The summed E-state index contributed by atoms with van der Waals surface area (Å²) in [5.41, 5.74) is 29.8. The van der Waals surface area contributed by atoms with Crippen molar-refractivity contribution in [2.45, 2.75) is 17.4 Å². The van der Waals surface area contributed by atoms with Crippen LogP contribution < -0.4 is 5.73 Å². The van der Waals surface area contributed by atoms with Crippen molar-refractivity contribution in [1.82, 2.24) is 0 Å². The summed E-state index contributed by atoms with van der Waals surface area (Å²) in [5, 5.41) is 0. The van der Waals surface area contributed by atoms with E-state index in [-0.39, 0.29) is 0 Å². The Balaban J connectivity index is 0.936. The van der Waals surface area contributed by atoms with Crippen LogP contribution in [0, 0.1) is 0 Å². The Kier molecular flexibility index (Phi) is 7.36. The van der Waals surface area contributed by atoms with Gasteiger partial charge in [-0.2, -0.15) is 0 Å². The van der Waals surface area contributed by atoms with Crippen LogP contribution in [-0.2, 0) is 17.4 Å². The highest BCUT2D eigenvalue weighted by Crippen LogP contribution is 2.64. The van der Waals surface area contributed by atoms with Crippen molar-refractivity contribution in [3.8, 4) is 44.5 Å². The standard InChI is InChI=1S/C59H39N3/c60-56(39-31-33-47-45-23-9-15-29-53(45)59(55(47)35-39)50-26-12-6-20-42(50)43-21-7-13-27-51(43)59)62-57(38-16-2-1-3-17-38)61-36-37-30-32-46-44-22-8-14-28-52(44)58(54(46)34-37)48-24-10-4-18-40(48)41-19-5-11-25-49(41)58/h1-35H,36H2,(H2,60,61,62). The molecule has 0 atom stereocenters. The summed E-state index contributed by atoms with van der Waals surface area (Å²) in [7, 11) is 0. The summed E-state index contributed by atoms with van der Waals surface area (Å²) in [6, 6.07) is 77.2. The Hall–Kier alpha value is -7.88. The lowest BCUT2D eigenvalue weighted by molar-refractivity contribution is 0.791. The molecule has 0 heterocycles. The largest absolute Gasteiger partial charge is 0.383 e. The van der Waals surface area contributed by atoms with Crippen molar-refractivity contribution in [1.29, 1.82) is 0 Å². The van der Waals surface area contributed by atoms with Crippen LogP contribution in [-0.4, -0.2) is 11.7 Å². The molecule has 4 aliphatic rings. The van der Waals surface area contributed by atoms with Gasteiger partial charge in [0.25, 0.3) is 0 Å². The quantitative estimate of drug-likeness (QED) is 0.140. The molecule has 290 valence electrons. The molecule has 9 aromatic rings. The van der Waals surface area contributed by atoms with E-state index in [0.29, 0.717) is 18.2 Å². The van der Waals surface area contributed by atoms with E-state index in [1.54, 1.807) is 0 Å². The lowest BCUT2D eigenvalue weighted by Gasteiger charge is -2.30. The number of aliphatic imine (C=N–C) groups is 2. The molecular weight excluding hydrogens is 751 g/mol. The maximum Gasteiger partial charge on any atom is 0.157 e. The average Bonchev–Trinajstić information content (AvgIpc) is 4.02. The highest BCUT2D eigenvalue weighted by atomic mass is 15.0. The zero-order valence-electron chi connectivity index (χ0n) is 33.9. The molecule has 0 aromatic heterocycles. The predicted molar refractivity (Wildman–Crippen MR) is 253 cm³/mol. The molecule has 13 rings (SSSR count). The van der Waals surface area contributed by atoms with Gasteiger partial charge in [0.2, 0.25) is 0 Å². The van der Waals surface area contributed by atoms with E-state index in [9.17, 15) is 0 Å². The Morgan fingerprint density at radius 3 is 1.13 bits per heavy atom. The summed E-state index contributed by atoms with van der Waals surface area (Å²) < 4.78 is 0. The highest BCUT2D eigenvalue weighted by molar-refractivity contribution is 6.11. The molecule has 62 heavy (non-hydrogen) atoms. The summed E-state index contributed by atoms with van der Waals surface area (Å²) in [5.74, 6) is 1.04. The second-order valence-electron chi connectivity index (χ2n) is 16.9. The SMILES string of the molecule is NC(=NC(=NCc1ccc2c(c1)C1(c3ccccc3-c3ccccc31)c1ccccc1-2)c1ccccc1)c1ccc2c(c1)C1(c3ccccc3-c3ccccc31)c1ccccc1-2. The molecule has 0 saturated heterocycles. The molecule has 0 amide bonds. The number of nitrogens with zero attached hydrogens (tertiary/aromatic N) is 2. The number of hydrogen-bond donors (Lipinski definition) is 1. The van der Waals surface area contributed by atoms with Crippen molar-refractivity contribution in [2.24, 2.45) is 15.7 Å². The van der Waals surface area contributed by atoms with Crippen LogP contribution in [0.5, 0.6) is 0 Å². The Morgan fingerprint density at radius 2 is 0.694 bits per heavy atom. The minimum absolute atomic E-state index is 0.408. The van der Waals surface area contributed by atoms with Crippen molar-refractivity contribution < 1.29 is 0 Å². The van der Waals surface area contributed by atoms with Gasteiger partial charge in [0.1, 0.15) is 5.84 Å². The molecule has 2 spiro atoms. The molecule has 3 nitrogen and oxygen atoms in total. The molecule has 4 aliphatic carbocycles. The molecule has 3 heteroatoms. The second kappa shape index (κ2) is 13.1. The van der Waals surface area contributed by atoms with E-state index in [1.165, 1.54) is 89.0 Å². The van der Waals surface area contributed by atoms with Gasteiger partial charge in [0.05, 0.1) is 17.4 Å². The van der Waals surface area contributed by atoms with Crippen LogP contribution in [0.3, 0.4) is 0 Å². The molecule has 0 radical (unpaired) electrons. The Bertz CT molecular complexity index is 3280. The van der Waals surface area contributed by atoms with Gasteiger partial charge in [-0.05, 0) is 101 Å². The van der Waals surface area contributed by atoms with Gasteiger partial charge in [-0.25, -0.2) is 4.99 Å². The minimum Gasteiger partial charge on any atom is -0.383 e. The third kappa shape index (κ3) is 4.54. The van der Waals surface area contributed by atoms with Gasteiger partial charge in [-0.3, -0.25) is 4.99 Å². The first-order chi connectivity index (χ1) is 30.7. The van der Waals surface area contributed by atoms with Gasteiger partial charge >= 0.3 is 0 Å². The number of benzene rings is 9. The number of nitrogens with two attached hydrogens (primary N) is 1. The average molecular weight is 790 g/mol. The Morgan fingerprint density at radius 1 is 0.339 bits per heavy atom. The fourth-order valence-electron chi connectivity index (χ4n) is 11.6. The van der Waals surface area contributed by atoms with Crippen LogP contribution in [0.2, 0.25) is 0 Å². The first kappa shape index (κ1) is 34.9. The summed E-state index contributed by atoms with van der Waals surface area (Å²) in [6.45, 7) is 0.445. The molecule has 2 N–H and O–H groups in total. The van der Waals surface area contributed by atoms with Crippen molar-refractivity contribution in [3.63, 3.8) is 0 Å². The van der Waals surface area contributed by atoms with Gasteiger partial charge in [-0.15, -0.1) is 0 Å². The molecule has 0 unspecified atom stereocenters. The van der Waals surface area contributed by atoms with E-state index >= 15 is 0 Å². The lowest BCUT2D eigenvalue weighted by atomic mass is 9.70. The van der Waals surface area contributed by atoms with E-state index < -0.39 is 10.8 Å². The number of amidine groups is 2. The third-order valence-corrected chi connectivity index (χ3v) is 14.0. The highest BCUT2D eigenvalue weighted by Gasteiger charge is 2.53. The molecule has 0 bridgehead atoms. The fraction of sp³-hybridized carbons (Fsp3) is 0.0508. The van der Waals surface area contributed by atoms with Gasteiger partial charge in [-0.1, -0.05) is 206 Å². The number of hydrogen-bond acceptors (Lipinski definition) is 1. The first-order valence-corrected chi connectivity index (χ1v) is 21.5. The third-order valence-electron chi connectivity index (χ3n) is 14.0. The van der Waals surface area contributed by atoms with Crippen LogP contribution >= 0.6 is 0 Å². The normalized spacial score (nSPS) is 15.0. The van der Waals surface area contributed by atoms with Gasteiger partial charge < -0.3 is 5.73 Å².